The van der Waals surface area contributed by atoms with E-state index in [1.54, 1.807) is 19.2 Å². The highest BCUT2D eigenvalue weighted by Crippen LogP contribution is 2.22. The van der Waals surface area contributed by atoms with Crippen molar-refractivity contribution in [3.05, 3.63) is 29.5 Å². The molecule has 2 heterocycles. The summed E-state index contributed by atoms with van der Waals surface area (Å²) in [6.07, 6.45) is 0. The minimum atomic E-state index is -0.226. The van der Waals surface area contributed by atoms with Crippen LogP contribution in [0, 0.1) is 0 Å². The molecule has 2 rings (SSSR count). The molecule has 0 aromatic carbocycles. The maximum Gasteiger partial charge on any atom is 0.286 e. The molecule has 7 nitrogen and oxygen atoms in total. The largest absolute Gasteiger partial charge is 0.455 e. The van der Waals surface area contributed by atoms with Gasteiger partial charge >= 0.3 is 0 Å². The van der Waals surface area contributed by atoms with Gasteiger partial charge in [0, 0.05) is 14.1 Å². The first-order valence-corrected chi connectivity index (χ1v) is 7.10. The molecule has 0 saturated heterocycles. The van der Waals surface area contributed by atoms with Gasteiger partial charge in [-0.15, -0.1) is 22.6 Å². The van der Waals surface area contributed by atoms with Crippen LogP contribution >= 0.6 is 24.2 Å². The number of nitrogens with one attached hydrogen (secondary N) is 2. The van der Waals surface area contributed by atoms with Gasteiger partial charge < -0.3 is 19.6 Å². The van der Waals surface area contributed by atoms with Gasteiger partial charge in [-0.1, -0.05) is 11.8 Å². The fourth-order valence-corrected chi connectivity index (χ4v) is 2.44. The van der Waals surface area contributed by atoms with Gasteiger partial charge in [-0.2, -0.15) is 0 Å². The Kier molecular flexibility index (Phi) is 6.73. The van der Waals surface area contributed by atoms with Gasteiger partial charge in [0.25, 0.3) is 5.91 Å². The second-order valence-corrected chi connectivity index (χ2v) is 5.06. The number of thioether (sulfide) groups is 1. The van der Waals surface area contributed by atoms with Gasteiger partial charge in [0.05, 0.1) is 12.3 Å². The first-order valence-electron chi connectivity index (χ1n) is 6.12. The van der Waals surface area contributed by atoms with E-state index < -0.39 is 0 Å². The van der Waals surface area contributed by atoms with Crippen LogP contribution in [0.1, 0.15) is 22.1 Å². The molecule has 0 aliphatic heterocycles. The van der Waals surface area contributed by atoms with Gasteiger partial charge in [-0.05, 0) is 19.2 Å². The topological polar surface area (TPSA) is 85.0 Å². The number of hydrogen-bond donors (Lipinski definition) is 2. The van der Waals surface area contributed by atoms with Gasteiger partial charge in [0.1, 0.15) is 11.6 Å². The van der Waals surface area contributed by atoms with Crippen LogP contribution in [0.15, 0.2) is 21.7 Å². The van der Waals surface area contributed by atoms with Gasteiger partial charge in [-0.25, -0.2) is 0 Å². The molecule has 1 amide bonds. The van der Waals surface area contributed by atoms with Crippen molar-refractivity contribution < 1.29 is 9.21 Å². The molecule has 0 radical (unpaired) electrons. The third-order valence-corrected chi connectivity index (χ3v) is 3.76. The molecule has 2 aromatic heterocycles. The Bertz CT molecular complexity index is 598. The molecule has 116 valence electrons. The van der Waals surface area contributed by atoms with E-state index in [9.17, 15) is 4.79 Å². The van der Waals surface area contributed by atoms with Crippen LogP contribution in [0.25, 0.3) is 0 Å². The Morgan fingerprint density at radius 2 is 2.14 bits per heavy atom. The molecular weight excluding hydrogens is 314 g/mol. The Labute approximate surface area is 133 Å². The van der Waals surface area contributed by atoms with E-state index in [0.29, 0.717) is 18.1 Å². The first kappa shape index (κ1) is 17.5. The number of carbonyl (C=O) groups is 1. The number of aromatic nitrogens is 3. The Hall–Kier alpha value is -1.51. The number of amides is 1. The lowest BCUT2D eigenvalue weighted by Gasteiger charge is -2.02. The zero-order valence-electron chi connectivity index (χ0n) is 12.0. The maximum atomic E-state index is 11.4. The molecule has 0 aliphatic rings. The molecule has 0 bridgehead atoms. The molecule has 0 fully saturated rings. The summed E-state index contributed by atoms with van der Waals surface area (Å²) >= 11 is 1.52. The van der Waals surface area contributed by atoms with E-state index in [-0.39, 0.29) is 18.3 Å². The lowest BCUT2D eigenvalue weighted by molar-refractivity contribution is 0.0934. The molecule has 21 heavy (non-hydrogen) atoms. The molecular formula is C12H18ClN5O2S. The summed E-state index contributed by atoms with van der Waals surface area (Å²) in [7, 11) is 5.36. The molecule has 2 N–H and O–H groups in total. The minimum Gasteiger partial charge on any atom is -0.455 e. The van der Waals surface area contributed by atoms with E-state index in [2.05, 4.69) is 20.8 Å². The standard InChI is InChI=1S/C12H17N5O2S.ClH/c1-13-6-10-15-16-12(17(10)3)20-7-8-4-5-9(19-8)11(18)14-2;/h4-5,13H,6-7H2,1-3H3,(H,14,18);1H. The molecule has 0 saturated carbocycles. The summed E-state index contributed by atoms with van der Waals surface area (Å²) in [5.41, 5.74) is 0. The summed E-state index contributed by atoms with van der Waals surface area (Å²) in [6.45, 7) is 0.672. The fraction of sp³-hybridized carbons (Fsp3) is 0.417. The van der Waals surface area contributed by atoms with Gasteiger partial charge in [-0.3, -0.25) is 4.79 Å². The van der Waals surface area contributed by atoms with Crippen LogP contribution in [-0.4, -0.2) is 34.8 Å². The van der Waals surface area contributed by atoms with E-state index in [1.165, 1.54) is 11.8 Å². The van der Waals surface area contributed by atoms with Crippen molar-refractivity contribution in [1.29, 1.82) is 0 Å². The van der Waals surface area contributed by atoms with Crippen molar-refractivity contribution in [2.75, 3.05) is 14.1 Å². The first-order chi connectivity index (χ1) is 9.65. The SMILES string of the molecule is CNCc1nnc(SCc2ccc(C(=O)NC)o2)n1C.Cl. The number of rotatable bonds is 6. The monoisotopic (exact) mass is 331 g/mol. The van der Waals surface area contributed by atoms with Crippen molar-refractivity contribution in [2.45, 2.75) is 17.5 Å². The summed E-state index contributed by atoms with van der Waals surface area (Å²) < 4.78 is 7.38. The lowest BCUT2D eigenvalue weighted by atomic mass is 10.4. The molecule has 0 aliphatic carbocycles. The third kappa shape index (κ3) is 4.23. The Morgan fingerprint density at radius 3 is 2.81 bits per heavy atom. The Morgan fingerprint density at radius 1 is 1.38 bits per heavy atom. The summed E-state index contributed by atoms with van der Waals surface area (Å²) in [4.78, 5) is 11.4. The highest BCUT2D eigenvalue weighted by atomic mass is 35.5. The third-order valence-electron chi connectivity index (χ3n) is 2.72. The van der Waals surface area contributed by atoms with E-state index >= 15 is 0 Å². The van der Waals surface area contributed by atoms with Crippen LogP contribution in [0.4, 0.5) is 0 Å². The van der Waals surface area contributed by atoms with Crippen molar-refractivity contribution in [2.24, 2.45) is 7.05 Å². The quantitative estimate of drug-likeness (QED) is 0.774. The molecule has 2 aromatic rings. The molecule has 9 heteroatoms. The molecule has 0 spiro atoms. The minimum absolute atomic E-state index is 0. The summed E-state index contributed by atoms with van der Waals surface area (Å²) in [5.74, 6) is 2.29. The van der Waals surface area contributed by atoms with E-state index in [0.717, 1.165) is 16.7 Å². The average molecular weight is 332 g/mol. The zero-order chi connectivity index (χ0) is 14.5. The van der Waals surface area contributed by atoms with Crippen LogP contribution in [0.2, 0.25) is 0 Å². The van der Waals surface area contributed by atoms with Crippen molar-refractivity contribution in [3.8, 4) is 0 Å². The van der Waals surface area contributed by atoms with Crippen LogP contribution < -0.4 is 10.6 Å². The number of furan rings is 1. The average Bonchev–Trinajstić information content (AvgIpc) is 3.05. The van der Waals surface area contributed by atoms with Crippen LogP contribution in [-0.2, 0) is 19.3 Å². The smallest absolute Gasteiger partial charge is 0.286 e. The molecule has 0 unspecified atom stereocenters. The second kappa shape index (κ2) is 8.06. The number of nitrogens with zero attached hydrogens (tertiary/aromatic N) is 3. The predicted molar refractivity (Wildman–Crippen MR) is 82.7 cm³/mol. The Balaban J connectivity index is 0.00000220. The number of halogens is 1. The maximum absolute atomic E-state index is 11.4. The van der Waals surface area contributed by atoms with Crippen molar-refractivity contribution >= 4 is 30.1 Å². The zero-order valence-corrected chi connectivity index (χ0v) is 13.7. The van der Waals surface area contributed by atoms with Crippen LogP contribution in [0.3, 0.4) is 0 Å². The van der Waals surface area contributed by atoms with Crippen LogP contribution in [0.5, 0.6) is 0 Å². The highest BCUT2D eigenvalue weighted by molar-refractivity contribution is 7.98. The number of carbonyl (C=O) groups excluding carboxylic acids is 1. The van der Waals surface area contributed by atoms with E-state index in [1.807, 2.05) is 18.7 Å². The van der Waals surface area contributed by atoms with Gasteiger partial charge in [0.2, 0.25) is 0 Å². The summed E-state index contributed by atoms with van der Waals surface area (Å²) in [6, 6.07) is 3.46. The predicted octanol–water partition coefficient (Wildman–Crippen LogP) is 1.20. The van der Waals surface area contributed by atoms with E-state index in [4.69, 9.17) is 4.42 Å². The second-order valence-electron chi connectivity index (χ2n) is 4.12. The normalized spacial score (nSPS) is 10.2. The number of hydrogen-bond acceptors (Lipinski definition) is 6. The fourth-order valence-electron chi connectivity index (χ4n) is 1.62. The van der Waals surface area contributed by atoms with Gasteiger partial charge in [0.15, 0.2) is 10.9 Å². The highest BCUT2D eigenvalue weighted by Gasteiger charge is 2.12. The van der Waals surface area contributed by atoms with Crippen molar-refractivity contribution in [3.63, 3.8) is 0 Å². The summed E-state index contributed by atoms with van der Waals surface area (Å²) in [5, 5.41) is 14.6. The van der Waals surface area contributed by atoms with Crippen molar-refractivity contribution in [1.82, 2.24) is 25.4 Å². The molecule has 0 atom stereocenters. The lowest BCUT2D eigenvalue weighted by Crippen LogP contribution is -2.16.